The molecule has 0 radical (unpaired) electrons. The summed E-state index contributed by atoms with van der Waals surface area (Å²) in [6.07, 6.45) is 2.01. The van der Waals surface area contributed by atoms with Crippen LogP contribution < -0.4 is 4.90 Å². The van der Waals surface area contributed by atoms with Crippen molar-refractivity contribution in [2.75, 3.05) is 24.5 Å². The minimum atomic E-state index is -0.273. The fraction of sp³-hybridized carbons (Fsp3) is 0.360. The van der Waals surface area contributed by atoms with E-state index in [2.05, 4.69) is 32.5 Å². The van der Waals surface area contributed by atoms with Crippen molar-refractivity contribution in [1.82, 2.24) is 24.5 Å². The van der Waals surface area contributed by atoms with Gasteiger partial charge in [0.05, 0.1) is 5.52 Å². The first-order chi connectivity index (χ1) is 16.2. The van der Waals surface area contributed by atoms with Gasteiger partial charge in [-0.3, -0.25) is 0 Å². The number of nitrogens with zero attached hydrogens (tertiary/aromatic N) is 6. The molecule has 33 heavy (non-hydrogen) atoms. The maximum absolute atomic E-state index is 12.8. The van der Waals surface area contributed by atoms with Crippen LogP contribution in [0.15, 0.2) is 54.6 Å². The minimum Gasteiger partial charge on any atom is -0.445 e. The van der Waals surface area contributed by atoms with Gasteiger partial charge in [0, 0.05) is 37.0 Å². The topological polar surface area (TPSA) is 75.9 Å². The molecular formula is C25H26N6O2. The van der Waals surface area contributed by atoms with Crippen LogP contribution in [0, 0.1) is 0 Å². The lowest BCUT2D eigenvalue weighted by molar-refractivity contribution is 0.0793. The van der Waals surface area contributed by atoms with Crippen molar-refractivity contribution < 1.29 is 9.53 Å². The molecule has 8 nitrogen and oxygen atoms in total. The molecule has 2 aromatic heterocycles. The number of rotatable bonds is 4. The molecule has 0 spiro atoms. The summed E-state index contributed by atoms with van der Waals surface area (Å²) in [6.45, 7) is 4.26. The van der Waals surface area contributed by atoms with Crippen molar-refractivity contribution in [3.8, 4) is 0 Å². The van der Waals surface area contributed by atoms with E-state index in [1.54, 1.807) is 0 Å². The van der Waals surface area contributed by atoms with E-state index in [4.69, 9.17) is 9.72 Å². The zero-order chi connectivity index (χ0) is 22.4. The predicted octanol–water partition coefficient (Wildman–Crippen LogP) is 4.00. The second-order valence-corrected chi connectivity index (χ2v) is 8.95. The highest BCUT2D eigenvalue weighted by Crippen LogP contribution is 2.40. The number of fused-ring (bicyclic) bond motifs is 3. The summed E-state index contributed by atoms with van der Waals surface area (Å²) in [6, 6.07) is 17.8. The lowest BCUT2D eigenvalue weighted by atomic mass is 10.2. The lowest BCUT2D eigenvalue weighted by Gasteiger charge is -2.39. The second-order valence-electron chi connectivity index (χ2n) is 8.95. The van der Waals surface area contributed by atoms with Crippen molar-refractivity contribution in [1.29, 1.82) is 0 Å². The summed E-state index contributed by atoms with van der Waals surface area (Å²) >= 11 is 0. The zero-order valence-corrected chi connectivity index (χ0v) is 18.6. The monoisotopic (exact) mass is 442 g/mol. The Bertz CT molecular complexity index is 1320. The molecule has 1 aliphatic heterocycles. The maximum atomic E-state index is 12.8. The van der Waals surface area contributed by atoms with Crippen LogP contribution in [-0.4, -0.2) is 56.3 Å². The molecule has 1 saturated carbocycles. The molecule has 168 valence electrons. The third-order valence-corrected chi connectivity index (χ3v) is 6.55. The average molecular weight is 443 g/mol. The van der Waals surface area contributed by atoms with Crippen LogP contribution in [0.1, 0.15) is 37.1 Å². The van der Waals surface area contributed by atoms with Gasteiger partial charge >= 0.3 is 6.09 Å². The predicted molar refractivity (Wildman–Crippen MR) is 125 cm³/mol. The van der Waals surface area contributed by atoms with Gasteiger partial charge in [0.25, 0.3) is 0 Å². The Morgan fingerprint density at radius 1 is 1.03 bits per heavy atom. The Morgan fingerprint density at radius 2 is 1.82 bits per heavy atom. The Balaban J connectivity index is 1.26. The van der Waals surface area contributed by atoms with Crippen molar-refractivity contribution in [2.45, 2.75) is 38.3 Å². The number of hydrogen-bond acceptors (Lipinski definition) is 6. The number of aromatic nitrogens is 4. The van der Waals surface area contributed by atoms with Gasteiger partial charge in [0.2, 0.25) is 5.95 Å². The molecular weight excluding hydrogens is 416 g/mol. The van der Waals surface area contributed by atoms with Gasteiger partial charge in [-0.2, -0.15) is 0 Å². The number of carbonyl (C=O) groups excluding carboxylic acids is 1. The van der Waals surface area contributed by atoms with Gasteiger partial charge in [-0.15, -0.1) is 10.2 Å². The molecule has 2 aliphatic rings. The van der Waals surface area contributed by atoms with Gasteiger partial charge < -0.3 is 14.5 Å². The molecule has 6 rings (SSSR count). The molecule has 2 aromatic carbocycles. The Kier molecular flexibility index (Phi) is 4.86. The number of anilines is 1. The summed E-state index contributed by atoms with van der Waals surface area (Å²) < 4.78 is 7.72. The fourth-order valence-electron chi connectivity index (χ4n) is 4.62. The van der Waals surface area contributed by atoms with E-state index in [1.807, 2.05) is 53.4 Å². The van der Waals surface area contributed by atoms with Gasteiger partial charge in [0.1, 0.15) is 12.4 Å². The van der Waals surface area contributed by atoms with Crippen LogP contribution >= 0.6 is 0 Å². The van der Waals surface area contributed by atoms with E-state index in [0.717, 1.165) is 46.7 Å². The number of piperazine rings is 1. The first-order valence-corrected chi connectivity index (χ1v) is 11.5. The fourth-order valence-corrected chi connectivity index (χ4v) is 4.62. The number of amides is 1. The molecule has 2 fully saturated rings. The molecule has 3 heterocycles. The van der Waals surface area contributed by atoms with Crippen molar-refractivity contribution in [3.63, 3.8) is 0 Å². The summed E-state index contributed by atoms with van der Waals surface area (Å²) in [7, 11) is 0. The largest absolute Gasteiger partial charge is 0.445 e. The van der Waals surface area contributed by atoms with Crippen LogP contribution in [0.5, 0.6) is 0 Å². The van der Waals surface area contributed by atoms with E-state index in [-0.39, 0.29) is 18.7 Å². The van der Waals surface area contributed by atoms with E-state index < -0.39 is 0 Å². The summed E-state index contributed by atoms with van der Waals surface area (Å²) in [5.41, 5.74) is 2.75. The highest BCUT2D eigenvalue weighted by atomic mass is 16.6. The molecule has 1 amide bonds. The average Bonchev–Trinajstić information content (AvgIpc) is 3.60. The van der Waals surface area contributed by atoms with Crippen LogP contribution in [0.2, 0.25) is 0 Å². The molecule has 0 bridgehead atoms. The molecule has 1 aliphatic carbocycles. The number of benzene rings is 2. The van der Waals surface area contributed by atoms with E-state index in [0.29, 0.717) is 25.6 Å². The molecule has 1 atom stereocenters. The van der Waals surface area contributed by atoms with Crippen LogP contribution in [0.3, 0.4) is 0 Å². The van der Waals surface area contributed by atoms with Crippen molar-refractivity contribution in [3.05, 3.63) is 66.0 Å². The van der Waals surface area contributed by atoms with Crippen LogP contribution in [-0.2, 0) is 11.3 Å². The van der Waals surface area contributed by atoms with Crippen molar-refractivity contribution >= 4 is 28.6 Å². The van der Waals surface area contributed by atoms with Gasteiger partial charge in [0.15, 0.2) is 5.65 Å². The standard InChI is InChI=1S/C25H26N6O2/c1-17-15-29(13-14-30(17)25(32)33-16-18-7-3-2-4-8-18)24-26-21-10-6-5-9-20(21)23-28-27-22(31(23)24)19-11-12-19/h2-10,17,19H,11-16H2,1H3. The van der Waals surface area contributed by atoms with Gasteiger partial charge in [-0.25, -0.2) is 14.2 Å². The van der Waals surface area contributed by atoms with E-state index in [1.165, 1.54) is 0 Å². The maximum Gasteiger partial charge on any atom is 0.410 e. The smallest absolute Gasteiger partial charge is 0.410 e. The van der Waals surface area contributed by atoms with Gasteiger partial charge in [-0.1, -0.05) is 42.5 Å². The van der Waals surface area contributed by atoms with Crippen LogP contribution in [0.25, 0.3) is 16.6 Å². The van der Waals surface area contributed by atoms with E-state index in [9.17, 15) is 4.79 Å². The van der Waals surface area contributed by atoms with E-state index >= 15 is 0 Å². The minimum absolute atomic E-state index is 0.00815. The molecule has 1 saturated heterocycles. The molecule has 0 N–H and O–H groups in total. The van der Waals surface area contributed by atoms with Crippen LogP contribution in [0.4, 0.5) is 10.7 Å². The third kappa shape index (κ3) is 3.65. The number of para-hydroxylation sites is 1. The van der Waals surface area contributed by atoms with Crippen molar-refractivity contribution in [2.24, 2.45) is 0 Å². The first-order valence-electron chi connectivity index (χ1n) is 11.5. The Hall–Kier alpha value is -3.68. The lowest BCUT2D eigenvalue weighted by Crippen LogP contribution is -2.54. The molecule has 1 unspecified atom stereocenters. The Labute approximate surface area is 191 Å². The quantitative estimate of drug-likeness (QED) is 0.476. The summed E-state index contributed by atoms with van der Waals surface area (Å²) in [4.78, 5) is 21.9. The summed E-state index contributed by atoms with van der Waals surface area (Å²) in [5, 5.41) is 10.1. The Morgan fingerprint density at radius 3 is 2.61 bits per heavy atom. The zero-order valence-electron chi connectivity index (χ0n) is 18.6. The number of ether oxygens (including phenoxy) is 1. The third-order valence-electron chi connectivity index (χ3n) is 6.55. The first kappa shape index (κ1) is 20.0. The molecule has 4 aromatic rings. The number of carbonyl (C=O) groups is 1. The SMILES string of the molecule is CC1CN(c2nc3ccccc3c3nnc(C4CC4)n23)CCN1C(=O)OCc1ccccc1. The number of hydrogen-bond donors (Lipinski definition) is 0. The normalized spacial score (nSPS) is 18.8. The summed E-state index contributed by atoms with van der Waals surface area (Å²) in [5.74, 6) is 2.31. The highest BCUT2D eigenvalue weighted by molar-refractivity contribution is 5.92. The van der Waals surface area contributed by atoms with Gasteiger partial charge in [-0.05, 0) is 37.5 Å². The second kappa shape index (κ2) is 8.03. The highest BCUT2D eigenvalue weighted by Gasteiger charge is 2.34. The molecule has 8 heteroatoms.